The minimum absolute atomic E-state index is 0.105. The van der Waals surface area contributed by atoms with Gasteiger partial charge in [-0.1, -0.05) is 48.5 Å². The fraction of sp³-hybridized carbons (Fsp3) is 0.208. The molecule has 154 valence electrons. The zero-order valence-corrected chi connectivity index (χ0v) is 16.8. The number of ether oxygens (including phenoxy) is 3. The first-order valence-electron chi connectivity index (χ1n) is 9.94. The summed E-state index contributed by atoms with van der Waals surface area (Å²) in [7, 11) is 1.60. The number of quaternary nitrogens is 1. The number of nitrogens with one attached hydrogen (secondary N) is 1. The number of fused-ring (bicyclic) bond motifs is 1. The van der Waals surface area contributed by atoms with E-state index in [4.69, 9.17) is 14.2 Å². The summed E-state index contributed by atoms with van der Waals surface area (Å²) in [5.41, 5.74) is 1.62. The quantitative estimate of drug-likeness (QED) is 0.634. The lowest BCUT2D eigenvalue weighted by atomic mass is 10.1. The van der Waals surface area contributed by atoms with E-state index in [0.717, 1.165) is 17.1 Å². The highest BCUT2D eigenvalue weighted by atomic mass is 16.6. The molecule has 0 saturated carbocycles. The number of nitrogens with two attached hydrogens (primary N) is 1. The van der Waals surface area contributed by atoms with Gasteiger partial charge in [-0.3, -0.25) is 4.79 Å². The Labute approximate surface area is 175 Å². The molecule has 0 saturated heterocycles. The van der Waals surface area contributed by atoms with Crippen LogP contribution in [-0.4, -0.2) is 32.3 Å². The maximum absolute atomic E-state index is 13.1. The van der Waals surface area contributed by atoms with E-state index in [1.54, 1.807) is 13.2 Å². The van der Waals surface area contributed by atoms with Crippen molar-refractivity contribution < 1.29 is 24.3 Å². The zero-order chi connectivity index (χ0) is 20.8. The minimum Gasteiger partial charge on any atom is -0.497 e. The summed E-state index contributed by atoms with van der Waals surface area (Å²) in [4.78, 5) is 13.1. The van der Waals surface area contributed by atoms with Gasteiger partial charge in [-0.05, 0) is 24.3 Å². The van der Waals surface area contributed by atoms with Gasteiger partial charge >= 0.3 is 0 Å². The van der Waals surface area contributed by atoms with Crippen LogP contribution in [0.15, 0.2) is 78.9 Å². The van der Waals surface area contributed by atoms with Crippen molar-refractivity contribution in [2.24, 2.45) is 0 Å². The minimum atomic E-state index is -0.418. The monoisotopic (exact) mass is 405 g/mol. The van der Waals surface area contributed by atoms with Crippen LogP contribution in [0.1, 0.15) is 11.6 Å². The third-order valence-corrected chi connectivity index (χ3v) is 4.98. The predicted molar refractivity (Wildman–Crippen MR) is 114 cm³/mol. The molecule has 0 fully saturated rings. The highest BCUT2D eigenvalue weighted by Crippen LogP contribution is 2.30. The SMILES string of the molecule is COc1cccc(NC(=O)[C@@H]([NH2+]C[C@@H]2COc3ccccc3O2)c2ccccc2)c1. The Morgan fingerprint density at radius 1 is 1.07 bits per heavy atom. The number of hydrogen-bond donors (Lipinski definition) is 2. The van der Waals surface area contributed by atoms with Gasteiger partial charge in [0.25, 0.3) is 5.91 Å². The number of carbonyl (C=O) groups excluding carboxylic acids is 1. The molecule has 3 N–H and O–H groups in total. The van der Waals surface area contributed by atoms with Gasteiger partial charge in [-0.15, -0.1) is 0 Å². The Kier molecular flexibility index (Phi) is 6.15. The molecule has 1 aliphatic heterocycles. The Morgan fingerprint density at radius 2 is 1.83 bits per heavy atom. The Balaban J connectivity index is 1.46. The van der Waals surface area contributed by atoms with Crippen LogP contribution in [0.2, 0.25) is 0 Å². The maximum Gasteiger partial charge on any atom is 0.287 e. The first kappa shape index (κ1) is 19.8. The summed E-state index contributed by atoms with van der Waals surface area (Å²) >= 11 is 0. The normalized spacial score (nSPS) is 15.8. The summed E-state index contributed by atoms with van der Waals surface area (Å²) in [6, 6.07) is 24.3. The zero-order valence-electron chi connectivity index (χ0n) is 16.8. The highest BCUT2D eigenvalue weighted by Gasteiger charge is 2.28. The highest BCUT2D eigenvalue weighted by molar-refractivity contribution is 5.94. The van der Waals surface area contributed by atoms with Crippen LogP contribution < -0.4 is 24.8 Å². The molecular weight excluding hydrogens is 380 g/mol. The largest absolute Gasteiger partial charge is 0.497 e. The van der Waals surface area contributed by atoms with Crippen LogP contribution >= 0.6 is 0 Å². The Bertz CT molecular complexity index is 993. The average molecular weight is 405 g/mol. The number of carbonyl (C=O) groups is 1. The number of anilines is 1. The lowest BCUT2D eigenvalue weighted by Crippen LogP contribution is -2.89. The van der Waals surface area contributed by atoms with Crippen molar-refractivity contribution in [1.29, 1.82) is 0 Å². The van der Waals surface area contributed by atoms with Gasteiger partial charge in [0.15, 0.2) is 23.6 Å². The van der Waals surface area contributed by atoms with Gasteiger partial charge in [0.05, 0.1) is 7.11 Å². The molecule has 1 amide bonds. The third-order valence-electron chi connectivity index (χ3n) is 4.98. The van der Waals surface area contributed by atoms with Gasteiger partial charge in [0.2, 0.25) is 0 Å². The van der Waals surface area contributed by atoms with Crippen molar-refractivity contribution in [3.63, 3.8) is 0 Å². The molecular formula is C24H25N2O4+. The number of amides is 1. The standard InChI is InChI=1S/C24H24N2O4/c1-28-19-11-7-10-18(14-19)26-24(27)23(17-8-3-2-4-9-17)25-15-20-16-29-21-12-5-6-13-22(21)30-20/h2-14,20,23,25H,15-16H2,1H3,(H,26,27)/p+1/t20-,23+/m1/s1. The third kappa shape index (κ3) is 4.72. The van der Waals surface area contributed by atoms with Crippen LogP contribution in [0.4, 0.5) is 5.69 Å². The molecule has 0 unspecified atom stereocenters. The lowest BCUT2D eigenvalue weighted by Gasteiger charge is -2.26. The lowest BCUT2D eigenvalue weighted by molar-refractivity contribution is -0.687. The second-order valence-electron chi connectivity index (χ2n) is 7.08. The Hall–Kier alpha value is -3.51. The van der Waals surface area contributed by atoms with E-state index >= 15 is 0 Å². The summed E-state index contributed by atoms with van der Waals surface area (Å²) in [6.45, 7) is 1.03. The van der Waals surface area contributed by atoms with E-state index in [1.165, 1.54) is 0 Å². The summed E-state index contributed by atoms with van der Waals surface area (Å²) in [5, 5.41) is 4.99. The first-order chi connectivity index (χ1) is 14.7. The number of rotatable bonds is 7. The van der Waals surface area contributed by atoms with Gasteiger partial charge in [0, 0.05) is 17.3 Å². The van der Waals surface area contributed by atoms with Crippen LogP contribution in [-0.2, 0) is 4.79 Å². The summed E-state index contributed by atoms with van der Waals surface area (Å²) in [6.07, 6.45) is -0.143. The van der Waals surface area contributed by atoms with Gasteiger partial charge < -0.3 is 24.8 Å². The molecule has 4 rings (SSSR count). The second kappa shape index (κ2) is 9.33. The van der Waals surface area contributed by atoms with Crippen molar-refractivity contribution in [1.82, 2.24) is 0 Å². The van der Waals surface area contributed by atoms with Crippen molar-refractivity contribution in [2.45, 2.75) is 12.1 Å². The maximum atomic E-state index is 13.1. The molecule has 2 atom stereocenters. The molecule has 3 aromatic carbocycles. The topological polar surface area (TPSA) is 73.4 Å². The van der Waals surface area contributed by atoms with Crippen molar-refractivity contribution >= 4 is 11.6 Å². The fourth-order valence-corrected chi connectivity index (χ4v) is 3.44. The van der Waals surface area contributed by atoms with E-state index in [0.29, 0.717) is 24.6 Å². The van der Waals surface area contributed by atoms with Crippen molar-refractivity contribution in [3.8, 4) is 17.2 Å². The van der Waals surface area contributed by atoms with Crippen molar-refractivity contribution in [2.75, 3.05) is 25.6 Å². The predicted octanol–water partition coefficient (Wildman–Crippen LogP) is 2.78. The molecule has 6 nitrogen and oxygen atoms in total. The molecule has 0 spiro atoms. The van der Waals surface area contributed by atoms with E-state index in [1.807, 2.05) is 78.1 Å². The smallest absolute Gasteiger partial charge is 0.287 e. The van der Waals surface area contributed by atoms with Gasteiger partial charge in [0.1, 0.15) is 18.9 Å². The van der Waals surface area contributed by atoms with E-state index in [-0.39, 0.29) is 12.0 Å². The number of methoxy groups -OCH3 is 1. The van der Waals surface area contributed by atoms with Crippen LogP contribution in [0.3, 0.4) is 0 Å². The average Bonchev–Trinajstić information content (AvgIpc) is 2.80. The number of benzene rings is 3. The van der Waals surface area contributed by atoms with Gasteiger partial charge in [-0.25, -0.2) is 0 Å². The first-order valence-corrected chi connectivity index (χ1v) is 9.94. The fourth-order valence-electron chi connectivity index (χ4n) is 3.44. The van der Waals surface area contributed by atoms with E-state index in [9.17, 15) is 4.79 Å². The molecule has 0 bridgehead atoms. The number of hydrogen-bond acceptors (Lipinski definition) is 4. The number of para-hydroxylation sites is 2. The molecule has 30 heavy (non-hydrogen) atoms. The summed E-state index contributed by atoms with van der Waals surface area (Å²) < 4.78 is 17.1. The molecule has 6 heteroatoms. The molecule has 0 radical (unpaired) electrons. The molecule has 0 aromatic heterocycles. The van der Waals surface area contributed by atoms with Gasteiger partial charge in [-0.2, -0.15) is 0 Å². The van der Waals surface area contributed by atoms with Crippen LogP contribution in [0.5, 0.6) is 17.2 Å². The molecule has 1 heterocycles. The van der Waals surface area contributed by atoms with Crippen LogP contribution in [0.25, 0.3) is 0 Å². The van der Waals surface area contributed by atoms with E-state index < -0.39 is 6.04 Å². The second-order valence-corrected chi connectivity index (χ2v) is 7.08. The van der Waals surface area contributed by atoms with Crippen molar-refractivity contribution in [3.05, 3.63) is 84.4 Å². The molecule has 0 aliphatic carbocycles. The van der Waals surface area contributed by atoms with Crippen LogP contribution in [0, 0.1) is 0 Å². The molecule has 3 aromatic rings. The van der Waals surface area contributed by atoms with E-state index in [2.05, 4.69) is 5.32 Å². The summed E-state index contributed by atoms with van der Waals surface area (Å²) in [5.74, 6) is 2.08. The Morgan fingerprint density at radius 3 is 2.63 bits per heavy atom. The molecule has 1 aliphatic rings.